The van der Waals surface area contributed by atoms with Crippen LogP contribution in [0.2, 0.25) is 0 Å². The third kappa shape index (κ3) is 2.76. The van der Waals surface area contributed by atoms with Crippen molar-refractivity contribution in [3.05, 3.63) is 71.4 Å². The van der Waals surface area contributed by atoms with Crippen molar-refractivity contribution in [2.24, 2.45) is 0 Å². The lowest BCUT2D eigenvalue weighted by molar-refractivity contribution is 0.102. The molecular formula is C18H16N2O2. The molecule has 4 nitrogen and oxygen atoms in total. The summed E-state index contributed by atoms with van der Waals surface area (Å²) in [6, 6.07) is 15.3. The predicted molar refractivity (Wildman–Crippen MR) is 85.8 cm³/mol. The van der Waals surface area contributed by atoms with Crippen LogP contribution in [0.3, 0.4) is 0 Å². The van der Waals surface area contributed by atoms with Crippen molar-refractivity contribution in [1.82, 2.24) is 5.16 Å². The van der Waals surface area contributed by atoms with E-state index in [2.05, 4.69) is 10.5 Å². The van der Waals surface area contributed by atoms with Gasteiger partial charge >= 0.3 is 0 Å². The molecule has 0 spiro atoms. The third-order valence-corrected chi connectivity index (χ3v) is 3.62. The number of rotatable bonds is 3. The topological polar surface area (TPSA) is 55.1 Å². The number of anilines is 1. The number of benzene rings is 2. The van der Waals surface area contributed by atoms with Crippen molar-refractivity contribution in [2.75, 3.05) is 5.32 Å². The molecule has 110 valence electrons. The molecule has 1 heterocycles. The molecule has 0 aliphatic carbocycles. The minimum absolute atomic E-state index is 0.233. The lowest BCUT2D eigenvalue weighted by Gasteiger charge is -2.07. The molecule has 0 aliphatic heterocycles. The Morgan fingerprint density at radius 2 is 1.82 bits per heavy atom. The molecule has 0 radical (unpaired) electrons. The van der Waals surface area contributed by atoms with Crippen LogP contribution in [0, 0.1) is 13.8 Å². The molecule has 0 atom stereocenters. The molecule has 22 heavy (non-hydrogen) atoms. The molecule has 2 aromatic carbocycles. The van der Waals surface area contributed by atoms with Gasteiger partial charge in [-0.1, -0.05) is 41.6 Å². The summed E-state index contributed by atoms with van der Waals surface area (Å²) >= 11 is 0. The maximum Gasteiger partial charge on any atom is 0.261 e. The van der Waals surface area contributed by atoms with E-state index in [1.54, 1.807) is 0 Å². The van der Waals surface area contributed by atoms with Crippen molar-refractivity contribution in [3.8, 4) is 11.3 Å². The Labute approximate surface area is 128 Å². The number of aromatic nitrogens is 1. The van der Waals surface area contributed by atoms with Crippen LogP contribution in [-0.2, 0) is 0 Å². The Balaban J connectivity index is 1.87. The van der Waals surface area contributed by atoms with Crippen LogP contribution in [0.5, 0.6) is 0 Å². The summed E-state index contributed by atoms with van der Waals surface area (Å²) in [6.07, 6.45) is 1.44. The number of nitrogens with one attached hydrogen (secondary N) is 1. The number of nitrogens with zero attached hydrogens (tertiary/aromatic N) is 1. The Morgan fingerprint density at radius 1 is 1.05 bits per heavy atom. The maximum atomic E-state index is 12.5. The van der Waals surface area contributed by atoms with Gasteiger partial charge in [0.15, 0.2) is 5.76 Å². The van der Waals surface area contributed by atoms with Crippen LogP contribution >= 0.6 is 0 Å². The van der Waals surface area contributed by atoms with Crippen LogP contribution in [0.4, 0.5) is 5.69 Å². The van der Waals surface area contributed by atoms with Crippen molar-refractivity contribution < 1.29 is 9.32 Å². The van der Waals surface area contributed by atoms with Crippen LogP contribution in [-0.4, -0.2) is 11.1 Å². The maximum absolute atomic E-state index is 12.5. The summed E-state index contributed by atoms with van der Waals surface area (Å²) < 4.78 is 5.24. The number of carbonyl (C=O) groups is 1. The summed E-state index contributed by atoms with van der Waals surface area (Å²) in [5, 5.41) is 6.64. The summed E-state index contributed by atoms with van der Waals surface area (Å²) in [5.41, 5.74) is 4.32. The zero-order chi connectivity index (χ0) is 15.5. The summed E-state index contributed by atoms with van der Waals surface area (Å²) in [6.45, 7) is 4.05. The highest BCUT2D eigenvalue weighted by atomic mass is 16.5. The van der Waals surface area contributed by atoms with Gasteiger partial charge in [0.1, 0.15) is 5.56 Å². The van der Waals surface area contributed by atoms with E-state index in [-0.39, 0.29) is 5.91 Å². The molecule has 3 aromatic rings. The minimum atomic E-state index is -0.233. The zero-order valence-electron chi connectivity index (χ0n) is 12.5. The Bertz CT molecular complexity index is 807. The van der Waals surface area contributed by atoms with E-state index in [0.29, 0.717) is 11.3 Å². The van der Waals surface area contributed by atoms with Crippen LogP contribution < -0.4 is 5.32 Å². The van der Waals surface area contributed by atoms with Crippen molar-refractivity contribution >= 4 is 11.6 Å². The molecule has 1 amide bonds. The molecule has 4 heteroatoms. The molecule has 0 bridgehead atoms. The fourth-order valence-corrected chi connectivity index (χ4v) is 2.22. The van der Waals surface area contributed by atoms with Gasteiger partial charge in [-0.2, -0.15) is 0 Å². The normalized spacial score (nSPS) is 10.5. The summed E-state index contributed by atoms with van der Waals surface area (Å²) in [7, 11) is 0. The van der Waals surface area contributed by atoms with Crippen molar-refractivity contribution in [3.63, 3.8) is 0 Å². The van der Waals surface area contributed by atoms with E-state index in [0.717, 1.165) is 16.8 Å². The second kappa shape index (κ2) is 5.85. The second-order valence-corrected chi connectivity index (χ2v) is 5.19. The van der Waals surface area contributed by atoms with Gasteiger partial charge in [-0.15, -0.1) is 0 Å². The van der Waals surface area contributed by atoms with Gasteiger partial charge in [0, 0.05) is 11.3 Å². The number of hydrogen-bond donors (Lipinski definition) is 1. The largest absolute Gasteiger partial charge is 0.355 e. The zero-order valence-corrected chi connectivity index (χ0v) is 12.5. The fourth-order valence-electron chi connectivity index (χ4n) is 2.22. The first-order valence-electron chi connectivity index (χ1n) is 7.04. The average molecular weight is 292 g/mol. The number of hydrogen-bond acceptors (Lipinski definition) is 3. The summed E-state index contributed by atoms with van der Waals surface area (Å²) in [5.74, 6) is 0.241. The monoisotopic (exact) mass is 292 g/mol. The predicted octanol–water partition coefficient (Wildman–Crippen LogP) is 4.21. The molecule has 0 fully saturated rings. The number of carbonyl (C=O) groups excluding carboxylic acids is 1. The molecule has 0 unspecified atom stereocenters. The van der Waals surface area contributed by atoms with Crippen LogP contribution in [0.1, 0.15) is 21.5 Å². The summed E-state index contributed by atoms with van der Waals surface area (Å²) in [4.78, 5) is 12.5. The van der Waals surface area contributed by atoms with Gasteiger partial charge in [-0.25, -0.2) is 0 Å². The third-order valence-electron chi connectivity index (χ3n) is 3.62. The van der Waals surface area contributed by atoms with E-state index < -0.39 is 0 Å². The minimum Gasteiger partial charge on any atom is -0.355 e. The van der Waals surface area contributed by atoms with Gasteiger partial charge in [-0.05, 0) is 37.1 Å². The molecular weight excluding hydrogens is 276 g/mol. The highest BCUT2D eigenvalue weighted by molar-refractivity contribution is 6.07. The van der Waals surface area contributed by atoms with Crippen molar-refractivity contribution in [2.45, 2.75) is 13.8 Å². The van der Waals surface area contributed by atoms with Gasteiger partial charge in [0.25, 0.3) is 5.91 Å². The quantitative estimate of drug-likeness (QED) is 0.786. The molecule has 3 rings (SSSR count). The first kappa shape index (κ1) is 14.1. The van der Waals surface area contributed by atoms with Gasteiger partial charge in [0.2, 0.25) is 0 Å². The SMILES string of the molecule is Cc1ccc(NC(=O)c2cnoc2-c2ccccc2)cc1C. The van der Waals surface area contributed by atoms with Gasteiger partial charge < -0.3 is 9.84 Å². The first-order chi connectivity index (χ1) is 10.6. The van der Waals surface area contributed by atoms with Crippen LogP contribution in [0.15, 0.2) is 59.3 Å². The van der Waals surface area contributed by atoms with Gasteiger partial charge in [0.05, 0.1) is 6.20 Å². The van der Waals surface area contributed by atoms with E-state index in [1.807, 2.05) is 62.4 Å². The van der Waals surface area contributed by atoms with E-state index in [4.69, 9.17) is 4.52 Å². The lowest BCUT2D eigenvalue weighted by atomic mass is 10.1. The van der Waals surface area contributed by atoms with E-state index in [9.17, 15) is 4.79 Å². The second-order valence-electron chi connectivity index (χ2n) is 5.19. The number of amides is 1. The van der Waals surface area contributed by atoms with Crippen molar-refractivity contribution in [1.29, 1.82) is 0 Å². The first-order valence-corrected chi connectivity index (χ1v) is 7.04. The Morgan fingerprint density at radius 3 is 2.55 bits per heavy atom. The average Bonchev–Trinajstić information content (AvgIpc) is 3.01. The molecule has 0 saturated carbocycles. The highest BCUT2D eigenvalue weighted by Gasteiger charge is 2.17. The highest BCUT2D eigenvalue weighted by Crippen LogP contribution is 2.24. The van der Waals surface area contributed by atoms with Crippen LogP contribution in [0.25, 0.3) is 11.3 Å². The fraction of sp³-hybridized carbons (Fsp3) is 0.111. The standard InChI is InChI=1S/C18H16N2O2/c1-12-8-9-15(10-13(12)2)20-18(21)16-11-19-22-17(16)14-6-4-3-5-7-14/h3-11H,1-2H3,(H,20,21). The Hall–Kier alpha value is -2.88. The molecule has 1 aromatic heterocycles. The van der Waals surface area contributed by atoms with E-state index >= 15 is 0 Å². The molecule has 0 saturated heterocycles. The smallest absolute Gasteiger partial charge is 0.261 e. The van der Waals surface area contributed by atoms with E-state index in [1.165, 1.54) is 11.8 Å². The molecule has 0 aliphatic rings. The number of aryl methyl sites for hydroxylation is 2. The lowest BCUT2D eigenvalue weighted by Crippen LogP contribution is -2.12. The Kier molecular flexibility index (Phi) is 3.74. The van der Waals surface area contributed by atoms with Gasteiger partial charge in [-0.3, -0.25) is 4.79 Å². The molecule has 1 N–H and O–H groups in total.